The first-order chi connectivity index (χ1) is 19.6. The Bertz CT molecular complexity index is 1490. The lowest BCUT2D eigenvalue weighted by atomic mass is 10.0. The molecule has 2 amide bonds. The molecule has 0 spiro atoms. The largest absolute Gasteiger partial charge is 0.497 e. The second-order valence-corrected chi connectivity index (χ2v) is 9.49. The number of nitrogens with one attached hydrogen (secondary N) is 3. The maximum absolute atomic E-state index is 13.1. The summed E-state index contributed by atoms with van der Waals surface area (Å²) in [7, 11) is 1.58. The third kappa shape index (κ3) is 8.28. The molecule has 0 fully saturated rings. The molecule has 0 bridgehead atoms. The van der Waals surface area contributed by atoms with E-state index in [1.54, 1.807) is 31.4 Å². The topological polar surface area (TPSA) is 92.6 Å². The van der Waals surface area contributed by atoms with E-state index in [1.807, 2.05) is 24.3 Å². The van der Waals surface area contributed by atoms with Gasteiger partial charge in [0.1, 0.15) is 17.6 Å². The number of rotatable bonds is 11. The second-order valence-electron chi connectivity index (χ2n) is 9.05. The summed E-state index contributed by atoms with van der Waals surface area (Å²) in [5.74, 6) is -0.465. The van der Waals surface area contributed by atoms with E-state index in [2.05, 4.69) is 16.0 Å². The second kappa shape index (κ2) is 13.3. The van der Waals surface area contributed by atoms with Gasteiger partial charge in [0.05, 0.1) is 12.7 Å². The van der Waals surface area contributed by atoms with Crippen LogP contribution in [0.5, 0.6) is 5.75 Å². The van der Waals surface area contributed by atoms with E-state index in [4.69, 9.17) is 20.8 Å². The molecule has 3 aromatic carbocycles. The van der Waals surface area contributed by atoms with Gasteiger partial charge in [-0.15, -0.1) is 0 Å². The van der Waals surface area contributed by atoms with Crippen molar-refractivity contribution in [3.63, 3.8) is 0 Å². The van der Waals surface area contributed by atoms with Crippen molar-refractivity contribution in [1.82, 2.24) is 10.6 Å². The van der Waals surface area contributed by atoms with Crippen molar-refractivity contribution >= 4 is 29.1 Å². The summed E-state index contributed by atoms with van der Waals surface area (Å²) in [6.45, 7) is 0.696. The highest BCUT2D eigenvalue weighted by atomic mass is 35.5. The predicted molar refractivity (Wildman–Crippen MR) is 150 cm³/mol. The minimum Gasteiger partial charge on any atom is -0.497 e. The fourth-order valence-corrected chi connectivity index (χ4v) is 4.24. The Balaban J connectivity index is 1.42. The van der Waals surface area contributed by atoms with Gasteiger partial charge in [-0.3, -0.25) is 9.59 Å². The van der Waals surface area contributed by atoms with Crippen LogP contribution in [-0.4, -0.2) is 38.1 Å². The Hall–Kier alpha value is -4.44. The number of methoxy groups -OCH3 is 1. The number of benzene rings is 3. The van der Waals surface area contributed by atoms with E-state index >= 15 is 0 Å². The van der Waals surface area contributed by atoms with Crippen molar-refractivity contribution < 1.29 is 31.9 Å². The Morgan fingerprint density at radius 2 is 1.71 bits per heavy atom. The molecule has 3 N–H and O–H groups in total. The molecule has 0 radical (unpaired) electrons. The lowest BCUT2D eigenvalue weighted by Crippen LogP contribution is -2.48. The van der Waals surface area contributed by atoms with Crippen molar-refractivity contribution in [2.75, 3.05) is 25.5 Å². The number of amides is 2. The van der Waals surface area contributed by atoms with Gasteiger partial charge in [0.15, 0.2) is 5.76 Å². The molecule has 0 aliphatic rings. The van der Waals surface area contributed by atoms with Crippen LogP contribution in [-0.2, 0) is 17.4 Å². The van der Waals surface area contributed by atoms with Crippen molar-refractivity contribution in [2.45, 2.75) is 18.6 Å². The van der Waals surface area contributed by atoms with Crippen LogP contribution < -0.4 is 20.7 Å². The molecule has 214 valence electrons. The molecule has 4 aromatic rings. The third-order valence-electron chi connectivity index (χ3n) is 6.10. The van der Waals surface area contributed by atoms with Gasteiger partial charge in [-0.05, 0) is 66.2 Å². The first-order valence-electron chi connectivity index (χ1n) is 12.6. The fourth-order valence-electron chi connectivity index (χ4n) is 4.03. The molecule has 1 aromatic heterocycles. The first-order valence-corrected chi connectivity index (χ1v) is 13.0. The Morgan fingerprint density at radius 3 is 2.41 bits per heavy atom. The smallest absolute Gasteiger partial charge is 0.416 e. The van der Waals surface area contributed by atoms with Crippen molar-refractivity contribution in [3.8, 4) is 17.1 Å². The highest BCUT2D eigenvalue weighted by Gasteiger charge is 2.31. The number of alkyl halides is 3. The molecular formula is C30H27ClF3N3O4. The van der Waals surface area contributed by atoms with E-state index in [1.165, 1.54) is 24.3 Å². The molecule has 0 saturated heterocycles. The number of hydrogen-bond donors (Lipinski definition) is 3. The molecule has 1 unspecified atom stereocenters. The van der Waals surface area contributed by atoms with Gasteiger partial charge in [0.2, 0.25) is 5.91 Å². The van der Waals surface area contributed by atoms with Gasteiger partial charge < -0.3 is 25.1 Å². The predicted octanol–water partition coefficient (Wildman–Crippen LogP) is 6.20. The molecule has 7 nitrogen and oxygen atoms in total. The Labute approximate surface area is 239 Å². The minimum absolute atomic E-state index is 0.0849. The zero-order chi connectivity index (χ0) is 29.4. The van der Waals surface area contributed by atoms with Crippen molar-refractivity contribution in [3.05, 3.63) is 107 Å². The summed E-state index contributed by atoms with van der Waals surface area (Å²) < 4.78 is 50.0. The lowest BCUT2D eigenvalue weighted by molar-refractivity contribution is -0.137. The maximum Gasteiger partial charge on any atom is 0.416 e. The van der Waals surface area contributed by atoms with Gasteiger partial charge in [-0.25, -0.2) is 0 Å². The van der Waals surface area contributed by atoms with Gasteiger partial charge >= 0.3 is 6.18 Å². The summed E-state index contributed by atoms with van der Waals surface area (Å²) in [5, 5.41) is 9.14. The molecule has 1 atom stereocenters. The number of carbonyl (C=O) groups is 2. The monoisotopic (exact) mass is 585 g/mol. The van der Waals surface area contributed by atoms with Crippen LogP contribution in [0, 0.1) is 0 Å². The first kappa shape index (κ1) is 29.5. The molecule has 0 saturated carbocycles. The molecule has 1 heterocycles. The SMILES string of the molecule is COc1ccc(NCCNC(=O)C(Cc2cccc(Cl)c2)NC(=O)c2ccc(-c3cccc(C(F)(F)F)c3)o2)cc1. The number of halogens is 4. The van der Waals surface area contributed by atoms with E-state index in [0.717, 1.165) is 29.1 Å². The van der Waals surface area contributed by atoms with E-state index in [-0.39, 0.29) is 30.0 Å². The van der Waals surface area contributed by atoms with Crippen LogP contribution in [0.3, 0.4) is 0 Å². The number of furan rings is 1. The van der Waals surface area contributed by atoms with Crippen molar-refractivity contribution in [1.29, 1.82) is 0 Å². The summed E-state index contributed by atoms with van der Waals surface area (Å²) in [6.07, 6.45) is -4.38. The van der Waals surface area contributed by atoms with Crippen LogP contribution in [0.25, 0.3) is 11.3 Å². The molecule has 11 heteroatoms. The minimum atomic E-state index is -4.52. The molecule has 0 aliphatic carbocycles. The van der Waals surface area contributed by atoms with Crippen LogP contribution >= 0.6 is 11.6 Å². The van der Waals surface area contributed by atoms with Gasteiger partial charge in [0.25, 0.3) is 5.91 Å². The maximum atomic E-state index is 13.1. The zero-order valence-corrected chi connectivity index (χ0v) is 22.7. The summed E-state index contributed by atoms with van der Waals surface area (Å²) in [4.78, 5) is 26.2. The van der Waals surface area contributed by atoms with E-state index in [9.17, 15) is 22.8 Å². The standard InChI is InChI=1S/C30H27ClF3N3O4/c1-40-24-10-8-23(9-11-24)35-14-15-36-28(38)25(17-19-4-2-7-22(31)16-19)37-29(39)27-13-12-26(41-27)20-5-3-6-21(18-20)30(32,33)34/h2-13,16,18,25,35H,14-15,17H2,1H3,(H,36,38)(H,37,39). The number of hydrogen-bond acceptors (Lipinski definition) is 5. The highest BCUT2D eigenvalue weighted by molar-refractivity contribution is 6.30. The van der Waals surface area contributed by atoms with Crippen LogP contribution in [0.1, 0.15) is 21.7 Å². The fraction of sp³-hybridized carbons (Fsp3) is 0.200. The normalized spacial score (nSPS) is 11.9. The number of ether oxygens (including phenoxy) is 1. The number of anilines is 1. The van der Waals surface area contributed by atoms with Crippen LogP contribution in [0.15, 0.2) is 89.3 Å². The quantitative estimate of drug-likeness (QED) is 0.182. The Kier molecular flexibility index (Phi) is 9.57. The van der Waals surface area contributed by atoms with Crippen LogP contribution in [0.2, 0.25) is 5.02 Å². The lowest BCUT2D eigenvalue weighted by Gasteiger charge is -2.18. The summed E-state index contributed by atoms with van der Waals surface area (Å²) in [6, 6.07) is 20.6. The molecule has 4 rings (SSSR count). The molecule has 0 aliphatic heterocycles. The Morgan fingerprint density at radius 1 is 0.951 bits per heavy atom. The van der Waals surface area contributed by atoms with Gasteiger partial charge in [-0.1, -0.05) is 35.9 Å². The van der Waals surface area contributed by atoms with Crippen molar-refractivity contribution in [2.24, 2.45) is 0 Å². The average molecular weight is 586 g/mol. The number of carbonyl (C=O) groups excluding carboxylic acids is 2. The third-order valence-corrected chi connectivity index (χ3v) is 6.33. The highest BCUT2D eigenvalue weighted by Crippen LogP contribution is 2.32. The average Bonchev–Trinajstić information content (AvgIpc) is 3.46. The van der Waals surface area contributed by atoms with Crippen LogP contribution in [0.4, 0.5) is 18.9 Å². The summed E-state index contributed by atoms with van der Waals surface area (Å²) in [5.41, 5.74) is 0.894. The summed E-state index contributed by atoms with van der Waals surface area (Å²) >= 11 is 6.10. The molecule has 41 heavy (non-hydrogen) atoms. The zero-order valence-electron chi connectivity index (χ0n) is 21.9. The molecular weight excluding hydrogens is 559 g/mol. The van der Waals surface area contributed by atoms with Gasteiger partial charge in [-0.2, -0.15) is 13.2 Å². The van der Waals surface area contributed by atoms with E-state index in [0.29, 0.717) is 11.6 Å². The van der Waals surface area contributed by atoms with E-state index < -0.39 is 29.6 Å². The van der Waals surface area contributed by atoms with Gasteiger partial charge in [0, 0.05) is 35.8 Å².